The normalized spacial score (nSPS) is 12.4. The Bertz CT molecular complexity index is 474. The molecule has 0 saturated carbocycles. The molecule has 220 valence electrons. The van der Waals surface area contributed by atoms with Crippen LogP contribution in [-0.2, 0) is 9.53 Å². The summed E-state index contributed by atoms with van der Waals surface area (Å²) in [7, 11) is 0. The second-order valence-electron chi connectivity index (χ2n) is 11.3. The Balaban J connectivity index is 3.26. The summed E-state index contributed by atoms with van der Waals surface area (Å²) in [6.45, 7) is 5.11. The molecule has 3 nitrogen and oxygen atoms in total. The van der Waals surface area contributed by atoms with Crippen LogP contribution in [0.4, 0.5) is 0 Å². The average Bonchev–Trinajstić information content (AvgIpc) is 2.90. The van der Waals surface area contributed by atoms with Crippen LogP contribution < -0.4 is 0 Å². The van der Waals surface area contributed by atoms with E-state index in [1.165, 1.54) is 122 Å². The highest BCUT2D eigenvalue weighted by molar-refractivity contribution is 5.69. The number of hydrogen-bond donors (Lipinski definition) is 1. The van der Waals surface area contributed by atoms with E-state index in [-0.39, 0.29) is 12.1 Å². The maximum Gasteiger partial charge on any atom is 0.305 e. The molecule has 0 spiro atoms. The van der Waals surface area contributed by atoms with Crippen molar-refractivity contribution < 1.29 is 14.6 Å². The molecular formula is C34H66O3. The highest BCUT2D eigenvalue weighted by Gasteiger charge is 2.03. The fraction of sp³-hybridized carbons (Fsp3) is 0.912. The van der Waals surface area contributed by atoms with Crippen molar-refractivity contribution in [2.75, 3.05) is 6.61 Å². The van der Waals surface area contributed by atoms with Crippen LogP contribution in [0.1, 0.15) is 187 Å². The minimum atomic E-state index is -0.165. The van der Waals surface area contributed by atoms with Crippen LogP contribution in [0, 0.1) is 0 Å². The number of carbonyl (C=O) groups excluding carboxylic acids is 1. The molecule has 0 amide bonds. The molecule has 0 aromatic rings. The second kappa shape index (κ2) is 31.4. The van der Waals surface area contributed by atoms with Crippen molar-refractivity contribution >= 4 is 5.97 Å². The van der Waals surface area contributed by atoms with Gasteiger partial charge < -0.3 is 9.84 Å². The maximum absolute atomic E-state index is 11.9. The Morgan fingerprint density at radius 1 is 0.595 bits per heavy atom. The van der Waals surface area contributed by atoms with Crippen LogP contribution in [0.15, 0.2) is 12.2 Å². The maximum atomic E-state index is 11.9. The monoisotopic (exact) mass is 523 g/mol. The topological polar surface area (TPSA) is 46.5 Å². The van der Waals surface area contributed by atoms with Crippen LogP contribution in [0.3, 0.4) is 0 Å². The SMILES string of the molecule is CCCCCCCCCCCCCCCCOC(=O)CCCCCCCC=CC[C@H](O)CCCCCC. The lowest BCUT2D eigenvalue weighted by Gasteiger charge is -2.07. The van der Waals surface area contributed by atoms with Gasteiger partial charge in [0.25, 0.3) is 0 Å². The molecule has 3 heteroatoms. The van der Waals surface area contributed by atoms with Gasteiger partial charge in [-0.1, -0.05) is 154 Å². The quantitative estimate of drug-likeness (QED) is 0.0579. The lowest BCUT2D eigenvalue weighted by Crippen LogP contribution is -2.05. The Kier molecular flexibility index (Phi) is 30.7. The lowest BCUT2D eigenvalue weighted by molar-refractivity contribution is -0.143. The van der Waals surface area contributed by atoms with Crippen molar-refractivity contribution in [2.24, 2.45) is 0 Å². The summed E-state index contributed by atoms with van der Waals surface area (Å²) in [6.07, 6.45) is 37.1. The fourth-order valence-corrected chi connectivity index (χ4v) is 4.91. The smallest absolute Gasteiger partial charge is 0.305 e. The van der Waals surface area contributed by atoms with Crippen molar-refractivity contribution in [2.45, 2.75) is 193 Å². The van der Waals surface area contributed by atoms with Gasteiger partial charge in [0.05, 0.1) is 12.7 Å². The molecule has 0 saturated heterocycles. The van der Waals surface area contributed by atoms with Gasteiger partial charge in [0.2, 0.25) is 0 Å². The van der Waals surface area contributed by atoms with E-state index in [0.717, 1.165) is 44.9 Å². The number of rotatable bonds is 30. The molecule has 0 heterocycles. The summed E-state index contributed by atoms with van der Waals surface area (Å²) in [4.78, 5) is 11.9. The fourth-order valence-electron chi connectivity index (χ4n) is 4.91. The van der Waals surface area contributed by atoms with Crippen molar-refractivity contribution in [1.29, 1.82) is 0 Å². The number of allylic oxidation sites excluding steroid dienone is 1. The van der Waals surface area contributed by atoms with E-state index in [0.29, 0.717) is 13.0 Å². The Morgan fingerprint density at radius 2 is 1.05 bits per heavy atom. The standard InChI is InChI=1S/C34H66O3/c1-3-5-7-9-10-11-12-13-14-15-18-21-24-28-32-37-34(36)31-27-23-20-17-16-19-22-26-30-33(35)29-25-8-6-4-2/h22,26,33,35H,3-21,23-25,27-32H2,1-2H3/t33-/m1/s1. The molecular weight excluding hydrogens is 456 g/mol. The highest BCUT2D eigenvalue weighted by Crippen LogP contribution is 2.14. The van der Waals surface area contributed by atoms with Gasteiger partial charge >= 0.3 is 5.97 Å². The van der Waals surface area contributed by atoms with Crippen LogP contribution >= 0.6 is 0 Å². The summed E-state index contributed by atoms with van der Waals surface area (Å²) >= 11 is 0. The third kappa shape index (κ3) is 31.3. The number of carbonyl (C=O) groups is 1. The number of hydrogen-bond acceptors (Lipinski definition) is 3. The van der Waals surface area contributed by atoms with E-state index in [4.69, 9.17) is 4.74 Å². The van der Waals surface area contributed by atoms with Crippen LogP contribution in [0.5, 0.6) is 0 Å². The molecule has 0 unspecified atom stereocenters. The minimum absolute atomic E-state index is 0.00845. The van der Waals surface area contributed by atoms with E-state index in [1.807, 2.05) is 0 Å². The van der Waals surface area contributed by atoms with Crippen molar-refractivity contribution in [1.82, 2.24) is 0 Å². The van der Waals surface area contributed by atoms with Crippen molar-refractivity contribution in [3.8, 4) is 0 Å². The summed E-state index contributed by atoms with van der Waals surface area (Å²) < 4.78 is 5.41. The zero-order valence-electron chi connectivity index (χ0n) is 25.3. The molecule has 0 aromatic heterocycles. The number of esters is 1. The predicted octanol–water partition coefficient (Wildman–Crippen LogP) is 11.0. The van der Waals surface area contributed by atoms with E-state index in [2.05, 4.69) is 26.0 Å². The molecule has 0 fully saturated rings. The van der Waals surface area contributed by atoms with Crippen LogP contribution in [0.25, 0.3) is 0 Å². The first-order chi connectivity index (χ1) is 18.2. The number of aliphatic hydroxyl groups is 1. The van der Waals surface area contributed by atoms with Gasteiger partial charge in [-0.15, -0.1) is 0 Å². The van der Waals surface area contributed by atoms with Gasteiger partial charge in [-0.3, -0.25) is 4.79 Å². The Hall–Kier alpha value is -0.830. The van der Waals surface area contributed by atoms with E-state index >= 15 is 0 Å². The Labute approximate surface area is 232 Å². The molecule has 0 aromatic carbocycles. The summed E-state index contributed by atoms with van der Waals surface area (Å²) in [6, 6.07) is 0. The molecule has 1 N–H and O–H groups in total. The molecule has 0 bridgehead atoms. The average molecular weight is 523 g/mol. The summed E-state index contributed by atoms with van der Waals surface area (Å²) in [5.74, 6) is -0.00845. The van der Waals surface area contributed by atoms with Crippen LogP contribution in [-0.4, -0.2) is 23.8 Å². The second-order valence-corrected chi connectivity index (χ2v) is 11.3. The van der Waals surface area contributed by atoms with Gasteiger partial charge in [-0.25, -0.2) is 0 Å². The van der Waals surface area contributed by atoms with E-state index < -0.39 is 0 Å². The largest absolute Gasteiger partial charge is 0.466 e. The van der Waals surface area contributed by atoms with Gasteiger partial charge in [-0.2, -0.15) is 0 Å². The lowest BCUT2D eigenvalue weighted by atomic mass is 10.0. The first-order valence-corrected chi connectivity index (χ1v) is 16.7. The molecule has 0 aliphatic heterocycles. The molecule has 0 aliphatic rings. The third-order valence-electron chi connectivity index (χ3n) is 7.48. The summed E-state index contributed by atoms with van der Waals surface area (Å²) in [5, 5.41) is 9.97. The number of aliphatic hydroxyl groups excluding tert-OH is 1. The number of ether oxygens (including phenoxy) is 1. The molecule has 0 aliphatic carbocycles. The predicted molar refractivity (Wildman–Crippen MR) is 162 cm³/mol. The zero-order chi connectivity index (χ0) is 27.1. The Morgan fingerprint density at radius 3 is 1.62 bits per heavy atom. The van der Waals surface area contributed by atoms with Gasteiger partial charge in [-0.05, 0) is 38.5 Å². The van der Waals surface area contributed by atoms with Gasteiger partial charge in [0, 0.05) is 6.42 Å². The first-order valence-electron chi connectivity index (χ1n) is 16.7. The number of unbranched alkanes of at least 4 members (excludes halogenated alkanes) is 21. The molecule has 37 heavy (non-hydrogen) atoms. The van der Waals surface area contributed by atoms with Crippen molar-refractivity contribution in [3.05, 3.63) is 12.2 Å². The third-order valence-corrected chi connectivity index (χ3v) is 7.48. The van der Waals surface area contributed by atoms with Crippen LogP contribution in [0.2, 0.25) is 0 Å². The van der Waals surface area contributed by atoms with Gasteiger partial charge in [0.15, 0.2) is 0 Å². The highest BCUT2D eigenvalue weighted by atomic mass is 16.5. The molecule has 0 rings (SSSR count). The van der Waals surface area contributed by atoms with E-state index in [9.17, 15) is 9.90 Å². The minimum Gasteiger partial charge on any atom is -0.466 e. The van der Waals surface area contributed by atoms with E-state index in [1.54, 1.807) is 0 Å². The first kappa shape index (κ1) is 36.2. The summed E-state index contributed by atoms with van der Waals surface area (Å²) in [5.41, 5.74) is 0. The van der Waals surface area contributed by atoms with Crippen molar-refractivity contribution in [3.63, 3.8) is 0 Å². The molecule has 0 radical (unpaired) electrons. The molecule has 1 atom stereocenters. The van der Waals surface area contributed by atoms with Gasteiger partial charge in [0.1, 0.15) is 0 Å². The zero-order valence-corrected chi connectivity index (χ0v) is 25.3.